The summed E-state index contributed by atoms with van der Waals surface area (Å²) < 4.78 is 3.15. The zero-order valence-corrected chi connectivity index (χ0v) is 19.1. The van der Waals surface area contributed by atoms with Crippen molar-refractivity contribution in [3.63, 3.8) is 0 Å². The van der Waals surface area contributed by atoms with E-state index in [4.69, 9.17) is 0 Å². The summed E-state index contributed by atoms with van der Waals surface area (Å²) in [5.74, 6) is 0.729. The van der Waals surface area contributed by atoms with Crippen LogP contribution >= 0.6 is 15.9 Å². The van der Waals surface area contributed by atoms with Crippen LogP contribution in [0.4, 0.5) is 0 Å². The molecule has 1 aromatic heterocycles. The predicted molar refractivity (Wildman–Crippen MR) is 118 cm³/mol. The highest BCUT2D eigenvalue weighted by Crippen LogP contribution is 2.15. The maximum Gasteiger partial charge on any atom is 0.251 e. The Labute approximate surface area is 176 Å². The zero-order valence-electron chi connectivity index (χ0n) is 17.5. The van der Waals surface area contributed by atoms with Gasteiger partial charge in [0.1, 0.15) is 0 Å². The molecular formula is C21H30BrN5O. The van der Waals surface area contributed by atoms with E-state index in [1.54, 1.807) is 7.05 Å². The molecule has 0 unspecified atom stereocenters. The van der Waals surface area contributed by atoms with E-state index in [0.29, 0.717) is 12.1 Å². The van der Waals surface area contributed by atoms with Gasteiger partial charge in [0.25, 0.3) is 5.91 Å². The third kappa shape index (κ3) is 6.41. The summed E-state index contributed by atoms with van der Waals surface area (Å²) in [5.41, 5.74) is 2.60. The third-order valence-electron chi connectivity index (χ3n) is 4.18. The third-order valence-corrected chi connectivity index (χ3v) is 4.61. The fourth-order valence-electron chi connectivity index (χ4n) is 2.84. The number of rotatable bonds is 5. The number of amides is 1. The van der Waals surface area contributed by atoms with E-state index in [1.807, 2.05) is 65.3 Å². The molecule has 0 radical (unpaired) electrons. The minimum Gasteiger partial charge on any atom is -0.352 e. The van der Waals surface area contributed by atoms with Crippen molar-refractivity contribution in [1.82, 2.24) is 20.1 Å². The smallest absolute Gasteiger partial charge is 0.251 e. The number of benzene rings is 1. The molecular weight excluding hydrogens is 418 g/mol. The maximum atomic E-state index is 12.4. The van der Waals surface area contributed by atoms with Gasteiger partial charge in [0.2, 0.25) is 0 Å². The van der Waals surface area contributed by atoms with Crippen molar-refractivity contribution in [3.05, 3.63) is 57.8 Å². The minimum atomic E-state index is -0.262. The Kier molecular flexibility index (Phi) is 7.29. The Morgan fingerprint density at radius 2 is 2.00 bits per heavy atom. The average Bonchev–Trinajstić information content (AvgIpc) is 2.91. The fourth-order valence-corrected chi connectivity index (χ4v) is 3.41. The molecule has 1 amide bonds. The Hall–Kier alpha value is -2.28. The standard InChI is InChI=1S/C21H30BrN5O/c1-21(2,3)25-19(28)16-9-7-8-15(10-16)12-24-20(23-4)27(6)14-18-11-17(22)13-26(18)5/h7-11,13H,12,14H2,1-6H3,(H,23,24)(H,25,28). The molecule has 28 heavy (non-hydrogen) atoms. The van der Waals surface area contributed by atoms with Gasteiger partial charge in [-0.25, -0.2) is 0 Å². The summed E-state index contributed by atoms with van der Waals surface area (Å²) in [4.78, 5) is 18.8. The number of halogens is 1. The second-order valence-electron chi connectivity index (χ2n) is 7.92. The van der Waals surface area contributed by atoms with Crippen LogP contribution < -0.4 is 10.6 Å². The Bertz CT molecular complexity index is 851. The highest BCUT2D eigenvalue weighted by atomic mass is 79.9. The lowest BCUT2D eigenvalue weighted by molar-refractivity contribution is 0.0919. The quantitative estimate of drug-likeness (QED) is 0.544. The summed E-state index contributed by atoms with van der Waals surface area (Å²) in [7, 11) is 5.80. The Morgan fingerprint density at radius 1 is 1.29 bits per heavy atom. The molecule has 1 heterocycles. The van der Waals surface area contributed by atoms with Crippen LogP contribution in [0.25, 0.3) is 0 Å². The topological polar surface area (TPSA) is 61.7 Å². The molecule has 0 aliphatic rings. The van der Waals surface area contributed by atoms with Crippen molar-refractivity contribution in [2.75, 3.05) is 14.1 Å². The molecule has 0 spiro atoms. The molecule has 152 valence electrons. The van der Waals surface area contributed by atoms with Gasteiger partial charge in [-0.2, -0.15) is 0 Å². The molecule has 1 aromatic carbocycles. The van der Waals surface area contributed by atoms with E-state index in [-0.39, 0.29) is 11.4 Å². The highest BCUT2D eigenvalue weighted by molar-refractivity contribution is 9.10. The monoisotopic (exact) mass is 447 g/mol. The number of carbonyl (C=O) groups excluding carboxylic acids is 1. The van der Waals surface area contributed by atoms with Crippen LogP contribution in [0.2, 0.25) is 0 Å². The SMILES string of the molecule is CN=C(NCc1cccc(C(=O)NC(C)(C)C)c1)N(C)Cc1cc(Br)cn1C. The molecule has 0 saturated heterocycles. The second-order valence-corrected chi connectivity index (χ2v) is 8.84. The molecule has 2 aromatic rings. The second kappa shape index (κ2) is 9.28. The van der Waals surface area contributed by atoms with Crippen LogP contribution in [0.5, 0.6) is 0 Å². The number of aliphatic imine (C=N–C) groups is 1. The van der Waals surface area contributed by atoms with Gasteiger partial charge in [0.15, 0.2) is 5.96 Å². The maximum absolute atomic E-state index is 12.4. The lowest BCUT2D eigenvalue weighted by Crippen LogP contribution is -2.40. The van der Waals surface area contributed by atoms with Crippen molar-refractivity contribution < 1.29 is 4.79 Å². The number of hydrogen-bond donors (Lipinski definition) is 2. The highest BCUT2D eigenvalue weighted by Gasteiger charge is 2.15. The molecule has 0 saturated carbocycles. The largest absolute Gasteiger partial charge is 0.352 e. The van der Waals surface area contributed by atoms with E-state index in [2.05, 4.69) is 47.1 Å². The van der Waals surface area contributed by atoms with Crippen molar-refractivity contribution >= 4 is 27.8 Å². The van der Waals surface area contributed by atoms with Crippen LogP contribution in [0.15, 0.2) is 46.0 Å². The summed E-state index contributed by atoms with van der Waals surface area (Å²) in [6, 6.07) is 9.75. The van der Waals surface area contributed by atoms with Gasteiger partial charge in [0, 0.05) is 55.2 Å². The molecule has 0 atom stereocenters. The number of nitrogens with zero attached hydrogens (tertiary/aromatic N) is 3. The molecule has 0 bridgehead atoms. The Balaban J connectivity index is 2.00. The molecule has 6 nitrogen and oxygen atoms in total. The number of hydrogen-bond acceptors (Lipinski definition) is 2. The lowest BCUT2D eigenvalue weighted by atomic mass is 10.1. The summed E-state index contributed by atoms with van der Waals surface area (Å²) in [5, 5.41) is 6.36. The van der Waals surface area contributed by atoms with Gasteiger partial charge in [-0.05, 0) is 60.5 Å². The van der Waals surface area contributed by atoms with E-state index < -0.39 is 0 Å². The molecule has 7 heteroatoms. The van der Waals surface area contributed by atoms with Crippen LogP contribution in [0, 0.1) is 0 Å². The first-order valence-electron chi connectivity index (χ1n) is 9.23. The van der Waals surface area contributed by atoms with E-state index in [1.165, 1.54) is 5.69 Å². The van der Waals surface area contributed by atoms with Gasteiger partial charge in [0.05, 0.1) is 6.54 Å². The minimum absolute atomic E-state index is 0.0647. The normalized spacial score (nSPS) is 12.0. The van der Waals surface area contributed by atoms with Gasteiger partial charge >= 0.3 is 0 Å². The summed E-state index contributed by atoms with van der Waals surface area (Å²) >= 11 is 3.51. The van der Waals surface area contributed by atoms with Crippen LogP contribution in [0.3, 0.4) is 0 Å². The van der Waals surface area contributed by atoms with Crippen molar-refractivity contribution in [3.8, 4) is 0 Å². The Morgan fingerprint density at radius 3 is 2.57 bits per heavy atom. The molecule has 0 aliphatic heterocycles. The van der Waals surface area contributed by atoms with E-state index in [0.717, 1.165) is 22.5 Å². The average molecular weight is 448 g/mol. The number of aryl methyl sites for hydroxylation is 1. The number of carbonyl (C=O) groups is 1. The fraction of sp³-hybridized carbons (Fsp3) is 0.429. The van der Waals surface area contributed by atoms with Crippen LogP contribution in [0.1, 0.15) is 42.4 Å². The predicted octanol–water partition coefficient (Wildman–Crippen LogP) is 3.52. The molecule has 0 fully saturated rings. The zero-order chi connectivity index (χ0) is 20.9. The van der Waals surface area contributed by atoms with Gasteiger partial charge < -0.3 is 20.1 Å². The first-order chi connectivity index (χ1) is 13.1. The van der Waals surface area contributed by atoms with Gasteiger partial charge in [-0.3, -0.25) is 9.79 Å². The lowest BCUT2D eigenvalue weighted by Gasteiger charge is -2.23. The van der Waals surface area contributed by atoms with Crippen LogP contribution in [-0.2, 0) is 20.1 Å². The molecule has 2 N–H and O–H groups in total. The number of nitrogens with one attached hydrogen (secondary N) is 2. The van der Waals surface area contributed by atoms with Crippen molar-refractivity contribution in [2.45, 2.75) is 39.4 Å². The van der Waals surface area contributed by atoms with Crippen molar-refractivity contribution in [1.29, 1.82) is 0 Å². The first-order valence-corrected chi connectivity index (χ1v) is 10.0. The van der Waals surface area contributed by atoms with E-state index >= 15 is 0 Å². The van der Waals surface area contributed by atoms with Gasteiger partial charge in [-0.15, -0.1) is 0 Å². The van der Waals surface area contributed by atoms with E-state index in [9.17, 15) is 4.79 Å². The first kappa shape index (κ1) is 22.0. The summed E-state index contributed by atoms with van der Waals surface area (Å²) in [6.45, 7) is 7.24. The number of aromatic nitrogens is 1. The summed E-state index contributed by atoms with van der Waals surface area (Å²) in [6.07, 6.45) is 2.04. The molecule has 2 rings (SSSR count). The molecule has 0 aliphatic carbocycles. The van der Waals surface area contributed by atoms with Crippen molar-refractivity contribution in [2.24, 2.45) is 12.0 Å². The van der Waals surface area contributed by atoms with Gasteiger partial charge in [-0.1, -0.05) is 12.1 Å². The van der Waals surface area contributed by atoms with Crippen LogP contribution in [-0.4, -0.2) is 41.0 Å². The number of guanidine groups is 1.